The topological polar surface area (TPSA) is 97.4 Å². The van der Waals surface area contributed by atoms with Gasteiger partial charge in [-0.1, -0.05) is 11.6 Å². The lowest BCUT2D eigenvalue weighted by molar-refractivity contribution is -0.384. The van der Waals surface area contributed by atoms with Gasteiger partial charge in [0, 0.05) is 6.07 Å². The lowest BCUT2D eigenvalue weighted by Crippen LogP contribution is -2.29. The molecule has 0 aliphatic heterocycles. The number of nitro benzene ring substituents is 1. The van der Waals surface area contributed by atoms with Crippen LogP contribution in [0.5, 0.6) is 0 Å². The summed E-state index contributed by atoms with van der Waals surface area (Å²) in [6, 6.07) is 4.36. The molecular weight excluding hydrogens is 367 g/mol. The number of anilines is 1. The molecule has 1 amide bonds. The van der Waals surface area contributed by atoms with Crippen LogP contribution in [0.2, 0.25) is 5.02 Å². The van der Waals surface area contributed by atoms with Gasteiger partial charge in [0.25, 0.3) is 5.69 Å². The maximum atomic E-state index is 12.8. The molecule has 0 saturated carbocycles. The second-order valence-electron chi connectivity index (χ2n) is 4.81. The molecule has 0 fully saturated rings. The molecule has 2 rings (SSSR count). The first-order chi connectivity index (χ1) is 11.7. The molecule has 0 aliphatic carbocycles. The van der Waals surface area contributed by atoms with Crippen LogP contribution < -0.4 is 10.6 Å². The number of nitro groups is 1. The molecule has 2 aromatic rings. The highest BCUT2D eigenvalue weighted by Crippen LogP contribution is 2.40. The largest absolute Gasteiger partial charge is 0.467 e. The van der Waals surface area contributed by atoms with Crippen LogP contribution in [0.4, 0.5) is 24.5 Å². The molecule has 0 radical (unpaired) electrons. The fourth-order valence-corrected chi connectivity index (χ4v) is 2.18. The van der Waals surface area contributed by atoms with Crippen molar-refractivity contribution < 1.29 is 27.3 Å². The monoisotopic (exact) mass is 377 g/mol. The first-order valence-corrected chi connectivity index (χ1v) is 7.14. The summed E-state index contributed by atoms with van der Waals surface area (Å²) in [5.41, 5.74) is -2.46. The minimum atomic E-state index is -4.83. The summed E-state index contributed by atoms with van der Waals surface area (Å²) in [6.45, 7) is -0.299. The van der Waals surface area contributed by atoms with Crippen LogP contribution in [0.1, 0.15) is 11.3 Å². The van der Waals surface area contributed by atoms with Gasteiger partial charge in [0.15, 0.2) is 0 Å². The van der Waals surface area contributed by atoms with Crippen LogP contribution in [-0.2, 0) is 17.5 Å². The third kappa shape index (κ3) is 4.86. The Morgan fingerprint density at radius 1 is 1.36 bits per heavy atom. The molecule has 25 heavy (non-hydrogen) atoms. The Labute approximate surface area is 143 Å². The molecule has 1 aromatic carbocycles. The zero-order chi connectivity index (χ0) is 18.6. The van der Waals surface area contributed by atoms with Gasteiger partial charge in [-0.25, -0.2) is 0 Å². The van der Waals surface area contributed by atoms with E-state index in [2.05, 4.69) is 10.6 Å². The normalized spacial score (nSPS) is 11.2. The Kier molecular flexibility index (Phi) is 5.52. The summed E-state index contributed by atoms with van der Waals surface area (Å²) >= 11 is 5.54. The van der Waals surface area contributed by atoms with Crippen LogP contribution in [-0.4, -0.2) is 17.4 Å². The number of nitrogens with one attached hydrogen (secondary N) is 2. The highest BCUT2D eigenvalue weighted by Gasteiger charge is 2.36. The van der Waals surface area contributed by atoms with Gasteiger partial charge in [0.2, 0.25) is 5.91 Å². The zero-order valence-corrected chi connectivity index (χ0v) is 13.1. The van der Waals surface area contributed by atoms with Crippen LogP contribution in [0, 0.1) is 10.1 Å². The summed E-state index contributed by atoms with van der Waals surface area (Å²) in [5.74, 6) is -0.0429. The van der Waals surface area contributed by atoms with E-state index in [0.717, 1.165) is 6.07 Å². The van der Waals surface area contributed by atoms with E-state index in [4.69, 9.17) is 16.0 Å². The van der Waals surface area contributed by atoms with Crippen molar-refractivity contribution >= 4 is 28.9 Å². The van der Waals surface area contributed by atoms with Crippen molar-refractivity contribution in [1.82, 2.24) is 5.32 Å². The Morgan fingerprint density at radius 3 is 2.64 bits per heavy atom. The van der Waals surface area contributed by atoms with Crippen LogP contribution in [0.15, 0.2) is 34.9 Å². The minimum Gasteiger partial charge on any atom is -0.467 e. The lowest BCUT2D eigenvalue weighted by Gasteiger charge is -2.12. The van der Waals surface area contributed by atoms with Gasteiger partial charge >= 0.3 is 6.18 Å². The van der Waals surface area contributed by atoms with Gasteiger partial charge < -0.3 is 15.1 Å². The number of halogens is 4. The van der Waals surface area contributed by atoms with E-state index >= 15 is 0 Å². The summed E-state index contributed by atoms with van der Waals surface area (Å²) in [5, 5.41) is 15.2. The summed E-state index contributed by atoms with van der Waals surface area (Å²) in [7, 11) is 0. The quantitative estimate of drug-likeness (QED) is 0.592. The predicted molar refractivity (Wildman–Crippen MR) is 82.2 cm³/mol. The third-order valence-electron chi connectivity index (χ3n) is 3.07. The van der Waals surface area contributed by atoms with E-state index in [1.165, 1.54) is 6.26 Å². The molecule has 134 valence electrons. The predicted octanol–water partition coefficient (Wildman–Crippen LogP) is 3.59. The number of nitrogens with zero attached hydrogens (tertiary/aromatic N) is 1. The van der Waals surface area contributed by atoms with Gasteiger partial charge in [-0.3, -0.25) is 14.9 Å². The highest BCUT2D eigenvalue weighted by molar-refractivity contribution is 6.31. The molecule has 0 saturated heterocycles. The zero-order valence-electron chi connectivity index (χ0n) is 12.4. The molecular formula is C14H11ClF3N3O4. The highest BCUT2D eigenvalue weighted by atomic mass is 35.5. The van der Waals surface area contributed by atoms with Gasteiger partial charge in [0.05, 0.1) is 34.9 Å². The molecule has 11 heteroatoms. The van der Waals surface area contributed by atoms with E-state index in [1.54, 1.807) is 12.1 Å². The Hall–Kier alpha value is -2.75. The number of furan rings is 1. The molecule has 0 unspecified atom stereocenters. The smallest absolute Gasteiger partial charge is 0.418 e. The van der Waals surface area contributed by atoms with Crippen molar-refractivity contribution in [3.05, 3.63) is 57.0 Å². The average molecular weight is 378 g/mol. The Morgan fingerprint density at radius 2 is 2.08 bits per heavy atom. The number of alkyl halides is 3. The average Bonchev–Trinajstić information content (AvgIpc) is 3.02. The van der Waals surface area contributed by atoms with Crippen molar-refractivity contribution in [3.63, 3.8) is 0 Å². The molecule has 7 nitrogen and oxygen atoms in total. The Balaban J connectivity index is 2.09. The molecule has 1 aromatic heterocycles. The van der Waals surface area contributed by atoms with E-state index in [0.29, 0.717) is 11.8 Å². The molecule has 2 N–H and O–H groups in total. The first kappa shape index (κ1) is 18.6. The fourth-order valence-electron chi connectivity index (χ4n) is 1.91. The first-order valence-electron chi connectivity index (χ1n) is 6.76. The number of carbonyl (C=O) groups is 1. The number of rotatable bonds is 6. The molecule has 0 aliphatic rings. The van der Waals surface area contributed by atoms with Gasteiger partial charge in [0.1, 0.15) is 11.4 Å². The second kappa shape index (κ2) is 7.43. The molecule has 0 atom stereocenters. The summed E-state index contributed by atoms with van der Waals surface area (Å²) in [4.78, 5) is 21.7. The van der Waals surface area contributed by atoms with Gasteiger partial charge in [-0.2, -0.15) is 13.2 Å². The summed E-state index contributed by atoms with van der Waals surface area (Å²) in [6.07, 6.45) is -3.41. The lowest BCUT2D eigenvalue weighted by atomic mass is 10.1. The standard InChI is InChI=1S/C14H11ClF3N3O4/c15-10-5-11(12(21(23)24)4-9(10)14(16,17)18)19-7-13(22)20-6-8-2-1-3-25-8/h1-5,19H,6-7H2,(H,20,22). The van der Waals surface area contributed by atoms with E-state index < -0.39 is 39.8 Å². The second-order valence-corrected chi connectivity index (χ2v) is 5.22. The van der Waals surface area contributed by atoms with Crippen molar-refractivity contribution in [2.24, 2.45) is 0 Å². The van der Waals surface area contributed by atoms with Crippen LogP contribution in [0.25, 0.3) is 0 Å². The van der Waals surface area contributed by atoms with Gasteiger partial charge in [-0.15, -0.1) is 0 Å². The summed E-state index contributed by atoms with van der Waals surface area (Å²) < 4.78 is 43.3. The molecule has 0 spiro atoms. The van der Waals surface area contributed by atoms with Crippen molar-refractivity contribution in [3.8, 4) is 0 Å². The maximum Gasteiger partial charge on any atom is 0.418 e. The van der Waals surface area contributed by atoms with Crippen LogP contribution in [0.3, 0.4) is 0 Å². The van der Waals surface area contributed by atoms with Gasteiger partial charge in [-0.05, 0) is 18.2 Å². The SMILES string of the molecule is O=C(CNc1cc(Cl)c(C(F)(F)F)cc1[N+](=O)[O-])NCc1ccco1. The fraction of sp³-hybridized carbons (Fsp3) is 0.214. The van der Waals surface area contributed by atoms with Crippen molar-refractivity contribution in [2.75, 3.05) is 11.9 Å². The van der Waals surface area contributed by atoms with E-state index in [1.807, 2.05) is 0 Å². The number of carbonyl (C=O) groups excluding carboxylic acids is 1. The minimum absolute atomic E-state index is 0.101. The van der Waals surface area contributed by atoms with E-state index in [-0.39, 0.29) is 12.2 Å². The number of hydrogen-bond acceptors (Lipinski definition) is 5. The maximum absolute atomic E-state index is 12.8. The third-order valence-corrected chi connectivity index (χ3v) is 3.38. The van der Waals surface area contributed by atoms with Crippen molar-refractivity contribution in [1.29, 1.82) is 0 Å². The van der Waals surface area contributed by atoms with Crippen LogP contribution >= 0.6 is 11.6 Å². The molecule has 0 bridgehead atoms. The number of benzene rings is 1. The number of hydrogen-bond donors (Lipinski definition) is 2. The molecule has 1 heterocycles. The number of amides is 1. The van der Waals surface area contributed by atoms with Crippen molar-refractivity contribution in [2.45, 2.75) is 12.7 Å². The Bertz CT molecular complexity index is 778. The van der Waals surface area contributed by atoms with E-state index in [9.17, 15) is 28.1 Å².